The lowest BCUT2D eigenvalue weighted by Crippen LogP contribution is -2.44. The number of anilines is 1. The molecule has 1 aliphatic heterocycles. The van der Waals surface area contributed by atoms with E-state index in [1.165, 1.54) is 15.6 Å². The molecule has 1 saturated heterocycles. The molecule has 48 heavy (non-hydrogen) atoms. The minimum Gasteiger partial charge on any atom is -0.462 e. The van der Waals surface area contributed by atoms with Crippen LogP contribution in [0.5, 0.6) is 0 Å². The Hall–Kier alpha value is -2.57. The number of thiazole rings is 1. The maximum atomic E-state index is 14.3. The number of nitrogens with zero attached hydrogens (tertiary/aromatic N) is 2. The first-order chi connectivity index (χ1) is 23.1. The lowest BCUT2D eigenvalue weighted by molar-refractivity contribution is -0.161. The highest BCUT2D eigenvalue weighted by Gasteiger charge is 2.52. The Morgan fingerprint density at radius 2 is 1.90 bits per heavy atom. The average molecular weight is 694 g/mol. The molecule has 0 spiro atoms. The standard InChI is InChI=1S/C37H47N3O6S2/c1-37(15-16-37)22-40(48(43,44)27-11-13-30-33(19-27)47-36(39-30)38-26-9-10-26)20-31(41)25(17-23-5-3-2-4-6-23)18-34(42)46-35-24-7-12-28-29(35)21-45-32(28)14-8-24/h2-6,11,13,19,24-26,28-29,31-32,35,41H,7-10,12,14-18,20-22H2,1H3,(H,38,39)/t24?,25-,28?,29?,31-,32?,35?/m1/s1. The fraction of sp³-hybridized carbons (Fsp3) is 0.622. The van der Waals surface area contributed by atoms with E-state index in [9.17, 15) is 18.3 Å². The van der Waals surface area contributed by atoms with Gasteiger partial charge in [-0.05, 0) is 98.8 Å². The van der Waals surface area contributed by atoms with Gasteiger partial charge in [-0.2, -0.15) is 4.31 Å². The number of ether oxygens (including phenoxy) is 2. The molecule has 2 heterocycles. The molecule has 0 radical (unpaired) electrons. The number of benzene rings is 2. The van der Waals surface area contributed by atoms with E-state index in [0.717, 1.165) is 72.3 Å². The van der Waals surface area contributed by atoms with Crippen molar-refractivity contribution in [3.8, 4) is 0 Å². The molecule has 5 aliphatic carbocycles. The van der Waals surface area contributed by atoms with Crippen LogP contribution in [0.2, 0.25) is 0 Å². The van der Waals surface area contributed by atoms with E-state index < -0.39 is 22.0 Å². The summed E-state index contributed by atoms with van der Waals surface area (Å²) >= 11 is 1.47. The quantitative estimate of drug-likeness (QED) is 0.197. The molecule has 0 amide bonds. The molecule has 6 aliphatic rings. The van der Waals surface area contributed by atoms with Crippen LogP contribution in [0.4, 0.5) is 5.13 Å². The largest absolute Gasteiger partial charge is 0.462 e. The van der Waals surface area contributed by atoms with Crippen LogP contribution in [0.3, 0.4) is 0 Å². The van der Waals surface area contributed by atoms with Crippen LogP contribution in [0.15, 0.2) is 53.4 Å². The predicted octanol–water partition coefficient (Wildman–Crippen LogP) is 6.02. The fourth-order valence-electron chi connectivity index (χ4n) is 8.34. The number of hydrogen-bond acceptors (Lipinski definition) is 9. The van der Waals surface area contributed by atoms with Crippen LogP contribution in [-0.4, -0.2) is 72.8 Å². The van der Waals surface area contributed by atoms with Gasteiger partial charge in [0.15, 0.2) is 5.13 Å². The van der Waals surface area contributed by atoms with Crippen molar-refractivity contribution in [3.63, 3.8) is 0 Å². The zero-order valence-corrected chi connectivity index (χ0v) is 29.3. The second-order valence-electron chi connectivity index (χ2n) is 15.5. The van der Waals surface area contributed by atoms with Gasteiger partial charge in [0.25, 0.3) is 0 Å². The number of rotatable bonds is 14. The molecule has 7 atom stereocenters. The topological polar surface area (TPSA) is 118 Å². The van der Waals surface area contributed by atoms with E-state index in [4.69, 9.17) is 9.47 Å². The Balaban J connectivity index is 1.02. The van der Waals surface area contributed by atoms with Crippen molar-refractivity contribution >= 4 is 42.7 Å². The van der Waals surface area contributed by atoms with Crippen LogP contribution >= 0.6 is 11.3 Å². The van der Waals surface area contributed by atoms with Gasteiger partial charge in [0.2, 0.25) is 10.0 Å². The van der Waals surface area contributed by atoms with Crippen molar-refractivity contribution in [1.29, 1.82) is 0 Å². The van der Waals surface area contributed by atoms with Crippen molar-refractivity contribution in [2.75, 3.05) is 25.0 Å². The smallest absolute Gasteiger partial charge is 0.306 e. The SMILES string of the molecule is CC1(CN(C[C@@H](O)[C@@H](CC(=O)OC2C3CCC4OCC2C4CC3)Cc2ccccc2)S(=O)(=O)c2ccc3nc(NC4CC4)sc3c2)CC1. The minimum atomic E-state index is -3.95. The molecule has 6 fully saturated rings. The normalized spacial score (nSPS) is 28.7. The van der Waals surface area contributed by atoms with Gasteiger partial charge in [0.1, 0.15) is 6.10 Å². The number of hydrogen-bond donors (Lipinski definition) is 2. The van der Waals surface area contributed by atoms with Crippen molar-refractivity contribution < 1.29 is 27.8 Å². The van der Waals surface area contributed by atoms with Gasteiger partial charge >= 0.3 is 5.97 Å². The molecule has 258 valence electrons. The summed E-state index contributed by atoms with van der Waals surface area (Å²) in [5.74, 6) is 0.234. The van der Waals surface area contributed by atoms with Crippen LogP contribution in [0, 0.1) is 29.1 Å². The molecule has 5 unspecified atom stereocenters. The van der Waals surface area contributed by atoms with Crippen LogP contribution in [0.25, 0.3) is 10.2 Å². The van der Waals surface area contributed by atoms with Crippen molar-refractivity contribution in [2.24, 2.45) is 29.1 Å². The summed E-state index contributed by atoms with van der Waals surface area (Å²) in [7, 11) is -3.95. The molecule has 3 aromatic rings. The Labute approximate surface area is 287 Å². The minimum absolute atomic E-state index is 0.0235. The van der Waals surface area contributed by atoms with Gasteiger partial charge in [0.05, 0.1) is 40.3 Å². The van der Waals surface area contributed by atoms with Crippen LogP contribution in [-0.2, 0) is 30.7 Å². The molecule has 2 N–H and O–H groups in total. The van der Waals surface area contributed by atoms with E-state index in [2.05, 4.69) is 17.2 Å². The Kier molecular flexibility index (Phi) is 8.80. The van der Waals surface area contributed by atoms with Gasteiger partial charge in [0, 0.05) is 31.0 Å². The maximum absolute atomic E-state index is 14.3. The average Bonchev–Trinajstić information content (AvgIpc) is 3.96. The zero-order valence-electron chi connectivity index (χ0n) is 27.6. The molecular formula is C37H47N3O6S2. The van der Waals surface area contributed by atoms with Crippen molar-refractivity contribution in [3.05, 3.63) is 54.1 Å². The van der Waals surface area contributed by atoms with Crippen LogP contribution < -0.4 is 5.32 Å². The predicted molar refractivity (Wildman–Crippen MR) is 185 cm³/mol. The number of carbonyl (C=O) groups excluding carboxylic acids is 1. The summed E-state index contributed by atoms with van der Waals surface area (Å²) in [6, 6.07) is 15.4. The summed E-state index contributed by atoms with van der Waals surface area (Å²) in [6.45, 7) is 2.97. The van der Waals surface area contributed by atoms with Gasteiger partial charge in [-0.3, -0.25) is 4.79 Å². The van der Waals surface area contributed by atoms with Gasteiger partial charge < -0.3 is 19.9 Å². The summed E-state index contributed by atoms with van der Waals surface area (Å²) in [6.07, 6.45) is 7.93. The number of fused-ring (bicyclic) bond motifs is 3. The van der Waals surface area contributed by atoms with E-state index >= 15 is 0 Å². The highest BCUT2D eigenvalue weighted by atomic mass is 32.2. The number of aliphatic hydroxyl groups excluding tert-OH is 1. The lowest BCUT2D eigenvalue weighted by Gasteiger charge is -2.37. The molecule has 9 nitrogen and oxygen atoms in total. The summed E-state index contributed by atoms with van der Waals surface area (Å²) < 4.78 is 43.3. The second-order valence-corrected chi connectivity index (χ2v) is 18.4. The van der Waals surface area contributed by atoms with Gasteiger partial charge in [-0.25, -0.2) is 13.4 Å². The molecule has 11 heteroatoms. The molecule has 4 bridgehead atoms. The number of aliphatic hydroxyl groups is 1. The first kappa shape index (κ1) is 32.6. The third kappa shape index (κ3) is 6.90. The monoisotopic (exact) mass is 693 g/mol. The Morgan fingerprint density at radius 3 is 2.67 bits per heavy atom. The molecular weight excluding hydrogens is 647 g/mol. The van der Waals surface area contributed by atoms with E-state index in [1.54, 1.807) is 18.2 Å². The zero-order chi connectivity index (χ0) is 33.0. The van der Waals surface area contributed by atoms with E-state index in [0.29, 0.717) is 37.5 Å². The van der Waals surface area contributed by atoms with Crippen molar-refractivity contribution in [2.45, 2.75) is 100 Å². The summed E-state index contributed by atoms with van der Waals surface area (Å²) in [4.78, 5) is 18.6. The van der Waals surface area contributed by atoms with E-state index in [1.807, 2.05) is 30.3 Å². The molecule has 1 aromatic heterocycles. The number of carbonyl (C=O) groups is 1. The third-order valence-corrected chi connectivity index (χ3v) is 14.4. The third-order valence-electron chi connectivity index (χ3n) is 11.6. The Bertz CT molecular complexity index is 1740. The first-order valence-corrected chi connectivity index (χ1v) is 20.1. The number of nitrogens with one attached hydrogen (secondary N) is 1. The highest BCUT2D eigenvalue weighted by Crippen LogP contribution is 2.50. The van der Waals surface area contributed by atoms with Gasteiger partial charge in [-0.1, -0.05) is 48.6 Å². The Morgan fingerprint density at radius 1 is 1.10 bits per heavy atom. The number of aromatic nitrogens is 1. The second kappa shape index (κ2) is 13.0. The maximum Gasteiger partial charge on any atom is 0.306 e. The molecule has 2 aromatic carbocycles. The van der Waals surface area contributed by atoms with Crippen LogP contribution in [0.1, 0.15) is 70.3 Å². The summed E-state index contributed by atoms with van der Waals surface area (Å²) in [5.41, 5.74) is 1.63. The molecule has 5 saturated carbocycles. The fourth-order valence-corrected chi connectivity index (χ4v) is 11.0. The van der Waals surface area contributed by atoms with Gasteiger partial charge in [-0.15, -0.1) is 0 Å². The lowest BCUT2D eigenvalue weighted by atomic mass is 9.74. The van der Waals surface area contributed by atoms with Crippen molar-refractivity contribution in [1.82, 2.24) is 9.29 Å². The molecule has 9 rings (SSSR count). The first-order valence-electron chi connectivity index (χ1n) is 17.8. The summed E-state index contributed by atoms with van der Waals surface area (Å²) in [5, 5.41) is 16.1. The highest BCUT2D eigenvalue weighted by molar-refractivity contribution is 7.89. The number of sulfonamides is 1. The number of esters is 1. The van der Waals surface area contributed by atoms with E-state index in [-0.39, 0.29) is 47.4 Å².